The van der Waals surface area contributed by atoms with Gasteiger partial charge in [0, 0.05) is 24.7 Å². The van der Waals surface area contributed by atoms with Crippen molar-refractivity contribution in [1.82, 2.24) is 20.1 Å². The SMILES string of the molecule is COc1ccc(-n2nc(C)c3sc(N4CCC[C@H](C(=O)NCc5cccc(Cl)c5)C4)nc32)cc1. The number of nitrogens with one attached hydrogen (secondary N) is 1. The molecule has 34 heavy (non-hydrogen) atoms. The number of methoxy groups -OCH3 is 1. The van der Waals surface area contributed by atoms with Crippen LogP contribution in [0.2, 0.25) is 5.02 Å². The van der Waals surface area contributed by atoms with Crippen LogP contribution in [0.1, 0.15) is 24.1 Å². The lowest BCUT2D eigenvalue weighted by molar-refractivity contribution is -0.125. The Kier molecular flexibility index (Phi) is 6.43. The summed E-state index contributed by atoms with van der Waals surface area (Å²) in [6.07, 6.45) is 1.83. The molecule has 5 rings (SSSR count). The van der Waals surface area contributed by atoms with Gasteiger partial charge in [0.1, 0.15) is 5.75 Å². The molecule has 1 amide bonds. The van der Waals surface area contributed by atoms with E-state index in [0.29, 0.717) is 18.1 Å². The molecule has 1 atom stereocenters. The van der Waals surface area contributed by atoms with Gasteiger partial charge in [-0.25, -0.2) is 4.68 Å². The van der Waals surface area contributed by atoms with Crippen LogP contribution in [0.15, 0.2) is 48.5 Å². The van der Waals surface area contributed by atoms with Crippen LogP contribution in [0.25, 0.3) is 16.0 Å². The largest absolute Gasteiger partial charge is 0.497 e. The molecule has 176 valence electrons. The number of anilines is 1. The standard InChI is InChI=1S/C25H26ClN5O2S/c1-16-22-23(31(29-16)20-8-10-21(33-2)11-9-20)28-25(34-22)30-12-4-6-18(15-30)24(32)27-14-17-5-3-7-19(26)13-17/h3,5,7-11,13,18H,4,6,12,14-15H2,1-2H3,(H,27,32)/t18-/m0/s1. The molecule has 7 nitrogen and oxygen atoms in total. The summed E-state index contributed by atoms with van der Waals surface area (Å²) < 4.78 is 8.22. The fourth-order valence-electron chi connectivity index (χ4n) is 4.31. The van der Waals surface area contributed by atoms with Crippen molar-refractivity contribution >= 4 is 44.3 Å². The van der Waals surface area contributed by atoms with Gasteiger partial charge in [-0.2, -0.15) is 10.1 Å². The van der Waals surface area contributed by atoms with E-state index in [-0.39, 0.29) is 11.8 Å². The predicted molar refractivity (Wildman–Crippen MR) is 136 cm³/mol. The normalized spacial score (nSPS) is 16.1. The summed E-state index contributed by atoms with van der Waals surface area (Å²) in [7, 11) is 1.65. The molecule has 2 aromatic carbocycles. The maximum atomic E-state index is 12.9. The zero-order valence-corrected chi connectivity index (χ0v) is 20.7. The molecule has 0 radical (unpaired) electrons. The highest BCUT2D eigenvalue weighted by Crippen LogP contribution is 2.34. The van der Waals surface area contributed by atoms with E-state index in [1.54, 1.807) is 18.4 Å². The molecule has 1 saturated heterocycles. The zero-order chi connectivity index (χ0) is 23.7. The summed E-state index contributed by atoms with van der Waals surface area (Å²) in [6, 6.07) is 15.4. The lowest BCUT2D eigenvalue weighted by Crippen LogP contribution is -2.43. The van der Waals surface area contributed by atoms with Crippen molar-refractivity contribution in [2.45, 2.75) is 26.3 Å². The number of amides is 1. The maximum Gasteiger partial charge on any atom is 0.225 e. The van der Waals surface area contributed by atoms with Crippen LogP contribution >= 0.6 is 22.9 Å². The molecule has 3 heterocycles. The van der Waals surface area contributed by atoms with Gasteiger partial charge in [-0.05, 0) is 61.7 Å². The highest BCUT2D eigenvalue weighted by atomic mass is 35.5. The average molecular weight is 496 g/mol. The van der Waals surface area contributed by atoms with Crippen LogP contribution < -0.4 is 15.0 Å². The summed E-state index contributed by atoms with van der Waals surface area (Å²) in [4.78, 5) is 20.1. The molecule has 4 aromatic rings. The van der Waals surface area contributed by atoms with Gasteiger partial charge in [-0.15, -0.1) is 0 Å². The number of thiazole rings is 1. The van der Waals surface area contributed by atoms with Gasteiger partial charge in [0.15, 0.2) is 10.8 Å². The van der Waals surface area contributed by atoms with Crippen LogP contribution in [0.5, 0.6) is 5.75 Å². The summed E-state index contributed by atoms with van der Waals surface area (Å²) >= 11 is 7.70. The van der Waals surface area contributed by atoms with Crippen LogP contribution in [-0.4, -0.2) is 40.9 Å². The Morgan fingerprint density at radius 3 is 2.85 bits per heavy atom. The number of hydrogen-bond donors (Lipinski definition) is 1. The third-order valence-electron chi connectivity index (χ3n) is 6.11. The van der Waals surface area contributed by atoms with E-state index in [1.165, 1.54) is 0 Å². The minimum absolute atomic E-state index is 0.0702. The fourth-order valence-corrected chi connectivity index (χ4v) is 5.54. The first-order valence-electron chi connectivity index (χ1n) is 11.3. The molecule has 0 aliphatic carbocycles. The lowest BCUT2D eigenvalue weighted by Gasteiger charge is -2.31. The Morgan fingerprint density at radius 2 is 2.09 bits per heavy atom. The number of rotatable bonds is 6. The van der Waals surface area contributed by atoms with Crippen molar-refractivity contribution in [1.29, 1.82) is 0 Å². The van der Waals surface area contributed by atoms with Gasteiger partial charge >= 0.3 is 0 Å². The Morgan fingerprint density at radius 1 is 1.26 bits per heavy atom. The Hall–Kier alpha value is -3.10. The van der Waals surface area contributed by atoms with Gasteiger partial charge in [0.05, 0.1) is 29.1 Å². The Labute approximate surface area is 207 Å². The number of ether oxygens (including phenoxy) is 1. The average Bonchev–Trinajstić information content (AvgIpc) is 3.43. The van der Waals surface area contributed by atoms with Gasteiger partial charge in [-0.3, -0.25) is 4.79 Å². The summed E-state index contributed by atoms with van der Waals surface area (Å²) in [5.41, 5.74) is 3.73. The molecule has 0 saturated carbocycles. The lowest BCUT2D eigenvalue weighted by atomic mass is 9.97. The maximum absolute atomic E-state index is 12.9. The first-order valence-corrected chi connectivity index (χ1v) is 12.5. The topological polar surface area (TPSA) is 72.3 Å². The van der Waals surface area contributed by atoms with Crippen molar-refractivity contribution in [2.75, 3.05) is 25.1 Å². The van der Waals surface area contributed by atoms with E-state index >= 15 is 0 Å². The van der Waals surface area contributed by atoms with Crippen LogP contribution in [0.4, 0.5) is 5.13 Å². The first kappa shape index (κ1) is 22.7. The minimum atomic E-state index is -0.0702. The van der Waals surface area contributed by atoms with Crippen LogP contribution in [0.3, 0.4) is 0 Å². The van der Waals surface area contributed by atoms with Crippen molar-refractivity contribution in [3.8, 4) is 11.4 Å². The van der Waals surface area contributed by atoms with E-state index in [0.717, 1.165) is 57.6 Å². The smallest absolute Gasteiger partial charge is 0.225 e. The third-order valence-corrected chi connectivity index (χ3v) is 7.56. The van der Waals surface area contributed by atoms with Crippen LogP contribution in [0, 0.1) is 12.8 Å². The number of carbonyl (C=O) groups is 1. The number of carbonyl (C=O) groups excluding carboxylic acids is 1. The second-order valence-electron chi connectivity index (χ2n) is 8.48. The highest BCUT2D eigenvalue weighted by Gasteiger charge is 2.28. The van der Waals surface area contributed by atoms with Gasteiger partial charge in [0.2, 0.25) is 5.91 Å². The molecule has 9 heteroatoms. The van der Waals surface area contributed by atoms with E-state index in [9.17, 15) is 4.79 Å². The fraction of sp³-hybridized carbons (Fsp3) is 0.320. The highest BCUT2D eigenvalue weighted by molar-refractivity contribution is 7.22. The van der Waals surface area contributed by atoms with Crippen molar-refractivity contribution in [2.24, 2.45) is 5.92 Å². The number of fused-ring (bicyclic) bond motifs is 1. The van der Waals surface area contributed by atoms with Gasteiger partial charge in [-0.1, -0.05) is 35.1 Å². The van der Waals surface area contributed by atoms with Crippen molar-refractivity contribution in [3.05, 3.63) is 64.8 Å². The minimum Gasteiger partial charge on any atom is -0.497 e. The van der Waals surface area contributed by atoms with Crippen LogP contribution in [-0.2, 0) is 11.3 Å². The Bertz CT molecular complexity index is 1320. The summed E-state index contributed by atoms with van der Waals surface area (Å²) in [5.74, 6) is 0.807. The molecule has 1 aliphatic heterocycles. The molecule has 0 spiro atoms. The third kappa shape index (κ3) is 4.60. The molecule has 1 aliphatic rings. The van der Waals surface area contributed by atoms with E-state index in [2.05, 4.69) is 10.2 Å². The second-order valence-corrected chi connectivity index (χ2v) is 9.89. The molecule has 2 aromatic heterocycles. The molecule has 1 N–H and O–H groups in total. The number of aryl methyl sites for hydroxylation is 1. The predicted octanol–water partition coefficient (Wildman–Crippen LogP) is 4.99. The van der Waals surface area contributed by atoms with Crippen molar-refractivity contribution in [3.63, 3.8) is 0 Å². The van der Waals surface area contributed by atoms with E-state index < -0.39 is 0 Å². The number of aromatic nitrogens is 3. The summed E-state index contributed by atoms with van der Waals surface area (Å²) in [6.45, 7) is 4.04. The van der Waals surface area contributed by atoms with E-state index in [1.807, 2.05) is 60.1 Å². The number of piperidine rings is 1. The molecule has 0 bridgehead atoms. The molecule has 1 fully saturated rings. The number of halogens is 1. The molecular formula is C25H26ClN5O2S. The van der Waals surface area contributed by atoms with Crippen molar-refractivity contribution < 1.29 is 9.53 Å². The number of nitrogens with zero attached hydrogens (tertiary/aromatic N) is 4. The summed E-state index contributed by atoms with van der Waals surface area (Å²) in [5, 5.41) is 9.38. The van der Waals surface area contributed by atoms with E-state index in [4.69, 9.17) is 26.4 Å². The monoisotopic (exact) mass is 495 g/mol. The molecular weight excluding hydrogens is 470 g/mol. The van der Waals surface area contributed by atoms with Gasteiger partial charge in [0.25, 0.3) is 0 Å². The first-order chi connectivity index (χ1) is 16.5. The molecule has 0 unspecified atom stereocenters. The Balaban J connectivity index is 1.31. The zero-order valence-electron chi connectivity index (χ0n) is 19.1. The van der Waals surface area contributed by atoms with Gasteiger partial charge < -0.3 is 15.0 Å². The second kappa shape index (κ2) is 9.64. The quantitative estimate of drug-likeness (QED) is 0.408. The number of benzene rings is 2. The number of hydrogen-bond acceptors (Lipinski definition) is 6.